The second-order valence-corrected chi connectivity index (χ2v) is 11.9. The van der Waals surface area contributed by atoms with Crippen LogP contribution in [0.3, 0.4) is 0 Å². The van der Waals surface area contributed by atoms with E-state index in [-0.39, 0.29) is 23.8 Å². The highest BCUT2D eigenvalue weighted by molar-refractivity contribution is 7.92. The number of hydrogen-bond donors (Lipinski definition) is 1. The van der Waals surface area contributed by atoms with Crippen molar-refractivity contribution in [1.29, 1.82) is 0 Å². The second-order valence-electron chi connectivity index (χ2n) is 8.64. The third kappa shape index (κ3) is 5.27. The minimum absolute atomic E-state index is 0.0635. The fourth-order valence-electron chi connectivity index (χ4n) is 4.32. The number of ether oxygens (including phenoxy) is 1. The number of rotatable bonds is 9. The summed E-state index contributed by atoms with van der Waals surface area (Å²) in [7, 11) is -3.99. The van der Waals surface area contributed by atoms with Gasteiger partial charge in [-0.3, -0.25) is 4.31 Å². The fourth-order valence-corrected chi connectivity index (χ4v) is 6.99. The zero-order chi connectivity index (χ0) is 26.9. The Morgan fingerprint density at radius 1 is 1.16 bits per heavy atom. The number of fused-ring (bicyclic) bond motifs is 1. The summed E-state index contributed by atoms with van der Waals surface area (Å²) >= 11 is 7.94. The first-order chi connectivity index (χ1) is 17.6. The lowest BCUT2D eigenvalue weighted by atomic mass is 10.0. The quantitative estimate of drug-likeness (QED) is 0.238. The number of halogens is 1. The monoisotopic (exact) mass is 560 g/mol. The van der Waals surface area contributed by atoms with Crippen LogP contribution in [0.4, 0.5) is 5.69 Å². The van der Waals surface area contributed by atoms with E-state index in [9.17, 15) is 13.2 Å². The Balaban J connectivity index is 1.76. The van der Waals surface area contributed by atoms with E-state index in [1.807, 2.05) is 18.4 Å². The number of sulfonamides is 1. The van der Waals surface area contributed by atoms with Gasteiger partial charge in [-0.15, -0.1) is 11.3 Å². The van der Waals surface area contributed by atoms with Gasteiger partial charge >= 0.3 is 5.97 Å². The van der Waals surface area contributed by atoms with Crippen molar-refractivity contribution in [1.82, 2.24) is 0 Å². The highest BCUT2D eigenvalue weighted by Crippen LogP contribution is 2.36. The maximum Gasteiger partial charge on any atom is 0.374 e. The molecule has 0 aliphatic heterocycles. The average molecular weight is 561 g/mol. The molecule has 196 valence electrons. The molecule has 1 atom stereocenters. The van der Waals surface area contributed by atoms with Gasteiger partial charge in [-0.05, 0) is 86.7 Å². The smallest absolute Gasteiger partial charge is 0.374 e. The maximum absolute atomic E-state index is 13.9. The van der Waals surface area contributed by atoms with Gasteiger partial charge in [0.1, 0.15) is 5.58 Å². The van der Waals surface area contributed by atoms with Crippen LogP contribution < -0.4 is 10.0 Å². The number of nitrogens with two attached hydrogens (primary N) is 1. The van der Waals surface area contributed by atoms with Crippen LogP contribution in [0.1, 0.15) is 52.0 Å². The molecule has 2 aromatic heterocycles. The van der Waals surface area contributed by atoms with Gasteiger partial charge in [-0.1, -0.05) is 11.6 Å². The molecule has 0 bridgehead atoms. The molecule has 4 aromatic rings. The molecule has 1 unspecified atom stereocenters. The van der Waals surface area contributed by atoms with Crippen molar-refractivity contribution in [3.63, 3.8) is 0 Å². The van der Waals surface area contributed by atoms with Gasteiger partial charge in [0.15, 0.2) is 0 Å². The lowest BCUT2D eigenvalue weighted by Crippen LogP contribution is -2.32. The van der Waals surface area contributed by atoms with Crippen LogP contribution in [0.5, 0.6) is 0 Å². The third-order valence-electron chi connectivity index (χ3n) is 6.27. The Hall–Kier alpha value is -2.85. The van der Waals surface area contributed by atoms with E-state index in [0.29, 0.717) is 39.2 Å². The number of furan rings is 1. The zero-order valence-corrected chi connectivity index (χ0v) is 23.5. The molecule has 0 aliphatic carbocycles. The first-order valence-corrected chi connectivity index (χ1v) is 14.6. The number of nitrogens with zero attached hydrogens (tertiary/aromatic N) is 1. The van der Waals surface area contributed by atoms with Crippen molar-refractivity contribution < 1.29 is 22.4 Å². The first kappa shape index (κ1) is 27.2. The van der Waals surface area contributed by atoms with Gasteiger partial charge in [0, 0.05) is 39.9 Å². The van der Waals surface area contributed by atoms with Crippen LogP contribution in [0.15, 0.2) is 57.2 Å². The third-order valence-corrected chi connectivity index (χ3v) is 9.44. The average Bonchev–Trinajstić information content (AvgIpc) is 3.42. The molecule has 0 spiro atoms. The van der Waals surface area contributed by atoms with Crippen molar-refractivity contribution in [3.05, 3.63) is 80.2 Å². The van der Waals surface area contributed by atoms with Crippen molar-refractivity contribution in [2.45, 2.75) is 45.1 Å². The molecular formula is C27H29ClN2O5S2. The normalized spacial score (nSPS) is 12.6. The van der Waals surface area contributed by atoms with E-state index in [1.54, 1.807) is 56.4 Å². The molecule has 37 heavy (non-hydrogen) atoms. The van der Waals surface area contributed by atoms with Crippen molar-refractivity contribution in [2.24, 2.45) is 5.73 Å². The van der Waals surface area contributed by atoms with Gasteiger partial charge in [0.05, 0.1) is 17.2 Å². The lowest BCUT2D eigenvalue weighted by molar-refractivity contribution is 0.0491. The summed E-state index contributed by atoms with van der Waals surface area (Å²) in [6.07, 6.45) is 0.561. The van der Waals surface area contributed by atoms with E-state index in [2.05, 4.69) is 0 Å². The highest BCUT2D eigenvalue weighted by atomic mass is 35.5. The Morgan fingerprint density at radius 3 is 2.57 bits per heavy atom. The summed E-state index contributed by atoms with van der Waals surface area (Å²) in [5.41, 5.74) is 9.82. The number of esters is 1. The summed E-state index contributed by atoms with van der Waals surface area (Å²) in [6.45, 7) is 7.59. The van der Waals surface area contributed by atoms with Gasteiger partial charge in [-0.25, -0.2) is 13.2 Å². The summed E-state index contributed by atoms with van der Waals surface area (Å²) in [5.74, 6) is -0.523. The Kier molecular flexibility index (Phi) is 7.99. The van der Waals surface area contributed by atoms with E-state index in [1.165, 1.54) is 16.4 Å². The fraction of sp³-hybridized carbons (Fsp3) is 0.296. The molecule has 10 heteroatoms. The Bertz CT molecular complexity index is 1560. The number of benzene rings is 2. The number of thiophene rings is 1. The zero-order valence-electron chi connectivity index (χ0n) is 21.1. The van der Waals surface area contributed by atoms with Crippen LogP contribution in [0.25, 0.3) is 11.0 Å². The topological polar surface area (TPSA) is 103 Å². The van der Waals surface area contributed by atoms with Crippen LogP contribution in [0, 0.1) is 13.8 Å². The molecule has 0 saturated heterocycles. The molecule has 2 aromatic carbocycles. The van der Waals surface area contributed by atoms with E-state index < -0.39 is 22.0 Å². The van der Waals surface area contributed by atoms with E-state index in [0.717, 1.165) is 10.4 Å². The molecule has 2 heterocycles. The molecule has 0 fully saturated rings. The minimum atomic E-state index is -3.99. The van der Waals surface area contributed by atoms with Gasteiger partial charge < -0.3 is 14.9 Å². The molecule has 0 radical (unpaired) electrons. The van der Waals surface area contributed by atoms with Gasteiger partial charge in [0.25, 0.3) is 10.0 Å². The van der Waals surface area contributed by atoms with E-state index in [4.69, 9.17) is 26.5 Å². The summed E-state index contributed by atoms with van der Waals surface area (Å²) in [5, 5.41) is 3.02. The van der Waals surface area contributed by atoms with Crippen molar-refractivity contribution >= 4 is 55.6 Å². The molecule has 0 aliphatic rings. The maximum atomic E-state index is 13.9. The number of hydrogen-bond acceptors (Lipinski definition) is 7. The molecule has 0 saturated carbocycles. The lowest BCUT2D eigenvalue weighted by Gasteiger charge is -2.27. The molecule has 4 rings (SSSR count). The Labute approximate surface area is 225 Å². The predicted octanol–water partition coefficient (Wildman–Crippen LogP) is 6.40. The van der Waals surface area contributed by atoms with Crippen LogP contribution in [-0.2, 0) is 21.2 Å². The molecular weight excluding hydrogens is 532 g/mol. The standard InChI is InChI=1S/C27H29ClN2O5S2/c1-5-30(23-9-7-18(28)13-21(23)22(29)15-25-16(3)11-12-36-25)37(32,33)19-8-10-24-20(14-19)17(4)26(35-24)27(31)34-6-2/h7-14,22H,5-6,15,29H2,1-4H3. The number of aryl methyl sites for hydroxylation is 2. The summed E-state index contributed by atoms with van der Waals surface area (Å²) in [4.78, 5) is 13.5. The second kappa shape index (κ2) is 10.9. The SMILES string of the molecule is CCOC(=O)c1oc2ccc(S(=O)(=O)N(CC)c3ccc(Cl)cc3C(N)Cc3sccc3C)cc2c1C. The highest BCUT2D eigenvalue weighted by Gasteiger charge is 2.29. The summed E-state index contributed by atoms with van der Waals surface area (Å²) in [6, 6.07) is 11.2. The first-order valence-electron chi connectivity index (χ1n) is 11.9. The number of anilines is 1. The van der Waals surface area contributed by atoms with E-state index >= 15 is 0 Å². The van der Waals surface area contributed by atoms with Crippen LogP contribution >= 0.6 is 22.9 Å². The number of carbonyl (C=O) groups excluding carboxylic acids is 1. The Morgan fingerprint density at radius 2 is 1.92 bits per heavy atom. The van der Waals surface area contributed by atoms with Gasteiger partial charge in [-0.2, -0.15) is 0 Å². The van der Waals surface area contributed by atoms with Crippen molar-refractivity contribution in [2.75, 3.05) is 17.5 Å². The van der Waals surface area contributed by atoms with Crippen molar-refractivity contribution in [3.8, 4) is 0 Å². The van der Waals surface area contributed by atoms with Gasteiger partial charge in [0.2, 0.25) is 5.76 Å². The predicted molar refractivity (Wildman–Crippen MR) is 148 cm³/mol. The minimum Gasteiger partial charge on any atom is -0.460 e. The molecule has 0 amide bonds. The largest absolute Gasteiger partial charge is 0.460 e. The van der Waals surface area contributed by atoms with Crippen LogP contribution in [-0.4, -0.2) is 27.5 Å². The molecule has 2 N–H and O–H groups in total. The number of carbonyl (C=O) groups is 1. The van der Waals surface area contributed by atoms with Crippen LogP contribution in [0.2, 0.25) is 5.02 Å². The molecule has 7 nitrogen and oxygen atoms in total. The summed E-state index contributed by atoms with van der Waals surface area (Å²) < 4.78 is 39.9.